The molecule has 0 atom stereocenters. The van der Waals surface area contributed by atoms with Crippen LogP contribution in [-0.2, 0) is 0 Å². The van der Waals surface area contributed by atoms with E-state index in [1.165, 1.54) is 12.1 Å². The zero-order chi connectivity index (χ0) is 19.7. The molecule has 0 aliphatic carbocycles. The van der Waals surface area contributed by atoms with E-state index < -0.39 is 0 Å². The molecule has 0 unspecified atom stereocenters. The molecule has 0 saturated carbocycles. The van der Waals surface area contributed by atoms with Crippen LogP contribution in [0.4, 0.5) is 15.8 Å². The smallest absolute Gasteiger partial charge is 0.257 e. The average Bonchev–Trinajstić information content (AvgIpc) is 2.72. The van der Waals surface area contributed by atoms with Gasteiger partial charge in [-0.2, -0.15) is 11.8 Å². The van der Waals surface area contributed by atoms with Gasteiger partial charge < -0.3 is 10.2 Å². The van der Waals surface area contributed by atoms with Gasteiger partial charge in [-0.15, -0.1) is 0 Å². The second-order valence-corrected chi connectivity index (χ2v) is 8.21. The quantitative estimate of drug-likeness (QED) is 0.683. The lowest BCUT2D eigenvalue weighted by Gasteiger charge is -2.27. The Balaban J connectivity index is 1.86. The molecule has 2 aromatic carbocycles. The van der Waals surface area contributed by atoms with Gasteiger partial charge in [0, 0.05) is 41.9 Å². The van der Waals surface area contributed by atoms with E-state index in [1.807, 2.05) is 48.7 Å². The van der Waals surface area contributed by atoms with Crippen molar-refractivity contribution in [2.24, 2.45) is 0 Å². The normalized spacial score (nSPS) is 14.3. The highest BCUT2D eigenvalue weighted by Crippen LogP contribution is 2.32. The molecule has 0 radical (unpaired) electrons. The van der Waals surface area contributed by atoms with Crippen LogP contribution in [0.1, 0.15) is 21.5 Å². The minimum atomic E-state index is -0.350. The van der Waals surface area contributed by atoms with Crippen LogP contribution in [0.25, 0.3) is 10.9 Å². The van der Waals surface area contributed by atoms with Crippen molar-refractivity contribution < 1.29 is 9.18 Å². The standard InChI is InChI=1S/C22H22FN3OS/c1-14-4-3-5-19(15(14)2)25-21-17-12-16(23)6-7-20(17)24-13-18(21)22(27)26-8-10-28-11-9-26/h3-7,12-13H,8-11H2,1-2H3,(H,24,25). The Labute approximate surface area is 168 Å². The van der Waals surface area contributed by atoms with Crippen molar-refractivity contribution in [3.05, 3.63) is 65.1 Å². The van der Waals surface area contributed by atoms with Crippen LogP contribution in [0.15, 0.2) is 42.6 Å². The summed E-state index contributed by atoms with van der Waals surface area (Å²) in [4.78, 5) is 19.5. The number of aromatic nitrogens is 1. The SMILES string of the molecule is Cc1cccc(Nc2c(C(=O)N3CCSCC3)cnc3ccc(F)cc23)c1C. The molecule has 1 saturated heterocycles. The number of rotatable bonds is 3. The van der Waals surface area contributed by atoms with Crippen molar-refractivity contribution >= 4 is 39.9 Å². The molecule has 0 spiro atoms. The third-order valence-corrected chi connectivity index (χ3v) is 6.17. The molecule has 144 valence electrons. The number of carbonyl (C=O) groups is 1. The van der Waals surface area contributed by atoms with E-state index >= 15 is 0 Å². The summed E-state index contributed by atoms with van der Waals surface area (Å²) in [5.74, 6) is 1.45. The van der Waals surface area contributed by atoms with Crippen LogP contribution in [0.5, 0.6) is 0 Å². The predicted molar refractivity (Wildman–Crippen MR) is 114 cm³/mol. The molecule has 1 amide bonds. The maximum Gasteiger partial charge on any atom is 0.257 e. The van der Waals surface area contributed by atoms with Crippen molar-refractivity contribution in [2.45, 2.75) is 13.8 Å². The average molecular weight is 396 g/mol. The van der Waals surface area contributed by atoms with E-state index in [4.69, 9.17) is 0 Å². The molecule has 28 heavy (non-hydrogen) atoms. The van der Waals surface area contributed by atoms with Gasteiger partial charge in [-0.25, -0.2) is 4.39 Å². The number of nitrogens with one attached hydrogen (secondary N) is 1. The van der Waals surface area contributed by atoms with Crippen LogP contribution < -0.4 is 5.32 Å². The van der Waals surface area contributed by atoms with Crippen molar-refractivity contribution in [3.63, 3.8) is 0 Å². The van der Waals surface area contributed by atoms with E-state index in [0.717, 1.165) is 28.3 Å². The van der Waals surface area contributed by atoms with Crippen molar-refractivity contribution in [1.29, 1.82) is 0 Å². The fraction of sp³-hybridized carbons (Fsp3) is 0.273. The minimum Gasteiger partial charge on any atom is -0.354 e. The van der Waals surface area contributed by atoms with Crippen LogP contribution in [0.2, 0.25) is 0 Å². The van der Waals surface area contributed by atoms with E-state index in [1.54, 1.807) is 12.3 Å². The van der Waals surface area contributed by atoms with Gasteiger partial charge in [0.15, 0.2) is 0 Å². The summed E-state index contributed by atoms with van der Waals surface area (Å²) < 4.78 is 14.0. The number of anilines is 2. The van der Waals surface area contributed by atoms with Gasteiger partial charge >= 0.3 is 0 Å². The number of hydrogen-bond donors (Lipinski definition) is 1. The number of benzene rings is 2. The number of pyridine rings is 1. The highest BCUT2D eigenvalue weighted by atomic mass is 32.2. The van der Waals surface area contributed by atoms with Gasteiger partial charge in [0.25, 0.3) is 5.91 Å². The van der Waals surface area contributed by atoms with Gasteiger partial charge in [-0.05, 0) is 49.2 Å². The topological polar surface area (TPSA) is 45.2 Å². The number of nitrogens with zero attached hydrogens (tertiary/aromatic N) is 2. The first-order valence-electron chi connectivity index (χ1n) is 9.33. The fourth-order valence-electron chi connectivity index (χ4n) is 3.42. The van der Waals surface area contributed by atoms with E-state index in [9.17, 15) is 9.18 Å². The summed E-state index contributed by atoms with van der Waals surface area (Å²) in [6.45, 7) is 5.51. The number of aryl methyl sites for hydroxylation is 1. The predicted octanol–water partition coefficient (Wildman–Crippen LogP) is 4.92. The highest BCUT2D eigenvalue weighted by Gasteiger charge is 2.23. The maximum absolute atomic E-state index is 14.0. The summed E-state index contributed by atoms with van der Waals surface area (Å²) in [6.07, 6.45) is 1.61. The molecule has 4 rings (SSSR count). The number of carbonyl (C=O) groups excluding carboxylic acids is 1. The largest absolute Gasteiger partial charge is 0.354 e. The molecular formula is C22H22FN3OS. The number of halogens is 1. The molecule has 0 bridgehead atoms. The lowest BCUT2D eigenvalue weighted by atomic mass is 10.0. The molecule has 6 heteroatoms. The van der Waals surface area contributed by atoms with Crippen LogP contribution in [0, 0.1) is 19.7 Å². The molecule has 1 fully saturated rings. The second kappa shape index (κ2) is 7.80. The van der Waals surface area contributed by atoms with Gasteiger partial charge in [0.1, 0.15) is 5.82 Å². The fourth-order valence-corrected chi connectivity index (χ4v) is 4.32. The summed E-state index contributed by atoms with van der Waals surface area (Å²) in [6, 6.07) is 10.5. The number of hydrogen-bond acceptors (Lipinski definition) is 4. The third-order valence-electron chi connectivity index (χ3n) is 5.22. The van der Waals surface area contributed by atoms with Crippen molar-refractivity contribution in [1.82, 2.24) is 9.88 Å². The highest BCUT2D eigenvalue weighted by molar-refractivity contribution is 7.99. The molecule has 3 aromatic rings. The number of amides is 1. The zero-order valence-corrected chi connectivity index (χ0v) is 16.8. The second-order valence-electron chi connectivity index (χ2n) is 6.99. The zero-order valence-electron chi connectivity index (χ0n) is 16.0. The molecule has 1 N–H and O–H groups in total. The van der Waals surface area contributed by atoms with Crippen LogP contribution >= 0.6 is 11.8 Å². The molecule has 4 nitrogen and oxygen atoms in total. The van der Waals surface area contributed by atoms with E-state index in [0.29, 0.717) is 35.2 Å². The Morgan fingerprint density at radius 3 is 2.75 bits per heavy atom. The third kappa shape index (κ3) is 3.56. The van der Waals surface area contributed by atoms with E-state index in [-0.39, 0.29) is 11.7 Å². The van der Waals surface area contributed by atoms with Crippen molar-refractivity contribution in [3.8, 4) is 0 Å². The van der Waals surface area contributed by atoms with Crippen molar-refractivity contribution in [2.75, 3.05) is 29.9 Å². The molecule has 1 aromatic heterocycles. The summed E-state index contributed by atoms with van der Waals surface area (Å²) in [5, 5.41) is 4.02. The Kier molecular flexibility index (Phi) is 5.22. The minimum absolute atomic E-state index is 0.0632. The first-order chi connectivity index (χ1) is 13.5. The molecule has 1 aliphatic heterocycles. The summed E-state index contributed by atoms with van der Waals surface area (Å²) in [5.41, 5.74) is 4.89. The Bertz CT molecular complexity index is 1050. The Morgan fingerprint density at radius 1 is 1.18 bits per heavy atom. The van der Waals surface area contributed by atoms with Gasteiger partial charge in [0.2, 0.25) is 0 Å². The van der Waals surface area contributed by atoms with Gasteiger partial charge in [0.05, 0.1) is 16.8 Å². The number of thioether (sulfide) groups is 1. The Morgan fingerprint density at radius 2 is 1.96 bits per heavy atom. The monoisotopic (exact) mass is 395 g/mol. The maximum atomic E-state index is 14.0. The lowest BCUT2D eigenvalue weighted by Crippen LogP contribution is -2.38. The molecule has 1 aliphatic rings. The van der Waals surface area contributed by atoms with E-state index in [2.05, 4.69) is 10.3 Å². The number of fused-ring (bicyclic) bond motifs is 1. The van der Waals surface area contributed by atoms with Gasteiger partial charge in [-0.3, -0.25) is 9.78 Å². The summed E-state index contributed by atoms with van der Waals surface area (Å²) >= 11 is 1.85. The lowest BCUT2D eigenvalue weighted by molar-refractivity contribution is 0.0773. The Hall–Kier alpha value is -2.60. The van der Waals surface area contributed by atoms with Gasteiger partial charge in [-0.1, -0.05) is 12.1 Å². The molecular weight excluding hydrogens is 373 g/mol. The first kappa shape index (κ1) is 18.7. The first-order valence-corrected chi connectivity index (χ1v) is 10.5. The van der Waals surface area contributed by atoms with Crippen LogP contribution in [-0.4, -0.2) is 40.4 Å². The molecule has 2 heterocycles. The summed E-state index contributed by atoms with van der Waals surface area (Å²) in [7, 11) is 0. The van der Waals surface area contributed by atoms with Crippen LogP contribution in [0.3, 0.4) is 0 Å².